The summed E-state index contributed by atoms with van der Waals surface area (Å²) in [7, 11) is 1.89. The molecule has 1 aliphatic heterocycles. The van der Waals surface area contributed by atoms with E-state index >= 15 is 0 Å². The molecule has 2 fully saturated rings. The third-order valence-corrected chi connectivity index (χ3v) is 7.41. The maximum absolute atomic E-state index is 12.9. The maximum atomic E-state index is 12.9. The molecule has 0 bridgehead atoms. The highest BCUT2D eigenvalue weighted by molar-refractivity contribution is 7.17. The molecule has 7 nitrogen and oxygen atoms in total. The Bertz CT molecular complexity index is 1300. The van der Waals surface area contributed by atoms with Gasteiger partial charge in [-0.05, 0) is 53.6 Å². The number of nitrogens with zero attached hydrogens (tertiary/aromatic N) is 4. The van der Waals surface area contributed by atoms with Crippen molar-refractivity contribution in [1.29, 1.82) is 0 Å². The highest BCUT2D eigenvalue weighted by Gasteiger charge is 2.50. The van der Waals surface area contributed by atoms with Gasteiger partial charge in [0.25, 0.3) is 5.91 Å². The number of hydrogen-bond acceptors (Lipinski definition) is 6. The first-order chi connectivity index (χ1) is 15.6. The monoisotopic (exact) mass is 445 g/mol. The molecule has 5 heterocycles. The van der Waals surface area contributed by atoms with Crippen molar-refractivity contribution < 1.29 is 9.53 Å². The Kier molecular flexibility index (Phi) is 4.58. The average molecular weight is 446 g/mol. The van der Waals surface area contributed by atoms with Crippen LogP contribution in [0.15, 0.2) is 48.1 Å². The van der Waals surface area contributed by atoms with Crippen LogP contribution in [-0.4, -0.2) is 44.9 Å². The van der Waals surface area contributed by atoms with Gasteiger partial charge in [-0.2, -0.15) is 5.10 Å². The fraction of sp³-hybridized carbons (Fsp3) is 0.333. The fourth-order valence-corrected chi connectivity index (χ4v) is 5.55. The van der Waals surface area contributed by atoms with Crippen LogP contribution in [0.2, 0.25) is 0 Å². The van der Waals surface area contributed by atoms with Gasteiger partial charge >= 0.3 is 0 Å². The number of amides is 1. The van der Waals surface area contributed by atoms with Crippen LogP contribution in [-0.2, 0) is 18.2 Å². The Morgan fingerprint density at radius 3 is 2.81 bits per heavy atom. The number of hydrogen-bond donors (Lipinski definition) is 1. The molecule has 1 N–H and O–H groups in total. The number of carbonyl (C=O) groups is 1. The number of pyridine rings is 2. The van der Waals surface area contributed by atoms with E-state index < -0.39 is 0 Å². The number of nitrogens with one attached hydrogen (secondary N) is 1. The molecule has 6 rings (SSSR count). The topological polar surface area (TPSA) is 81.9 Å². The third kappa shape index (κ3) is 3.49. The summed E-state index contributed by atoms with van der Waals surface area (Å²) in [5, 5.41) is 9.59. The quantitative estimate of drug-likeness (QED) is 0.508. The van der Waals surface area contributed by atoms with Gasteiger partial charge in [0.1, 0.15) is 11.4 Å². The number of aromatic nitrogens is 4. The van der Waals surface area contributed by atoms with E-state index in [1.54, 1.807) is 16.0 Å². The zero-order valence-electron chi connectivity index (χ0n) is 17.7. The van der Waals surface area contributed by atoms with E-state index in [4.69, 9.17) is 4.74 Å². The van der Waals surface area contributed by atoms with Gasteiger partial charge in [-0.1, -0.05) is 6.07 Å². The van der Waals surface area contributed by atoms with E-state index in [1.165, 1.54) is 0 Å². The second-order valence-electron chi connectivity index (χ2n) is 8.98. The summed E-state index contributed by atoms with van der Waals surface area (Å²) in [6, 6.07) is 10.2. The maximum Gasteiger partial charge on any atom is 0.270 e. The predicted octanol–water partition coefficient (Wildman–Crippen LogP) is 3.59. The second kappa shape index (κ2) is 7.50. The van der Waals surface area contributed by atoms with Gasteiger partial charge in [0, 0.05) is 37.3 Å². The minimum absolute atomic E-state index is 0.0944. The number of carbonyl (C=O) groups excluding carboxylic acids is 1. The molecule has 1 saturated carbocycles. The SMILES string of the molecule is Cn1ccc(-c2ccc(Cc3cc(C(=O)NC4CC5(COC5)C4)nc4ccsc34)cn2)n1. The van der Waals surface area contributed by atoms with E-state index in [0.29, 0.717) is 17.5 Å². The molecule has 8 heteroatoms. The lowest BCUT2D eigenvalue weighted by Crippen LogP contribution is -2.59. The summed E-state index contributed by atoms with van der Waals surface area (Å²) >= 11 is 1.66. The van der Waals surface area contributed by atoms with Crippen molar-refractivity contribution >= 4 is 27.5 Å². The van der Waals surface area contributed by atoms with Crippen molar-refractivity contribution in [3.8, 4) is 11.4 Å². The van der Waals surface area contributed by atoms with Crippen LogP contribution in [0, 0.1) is 5.41 Å². The average Bonchev–Trinajstić information content (AvgIpc) is 3.38. The molecule has 0 atom stereocenters. The normalized spacial score (nSPS) is 17.3. The van der Waals surface area contributed by atoms with Gasteiger partial charge in [0.15, 0.2) is 0 Å². The molecule has 0 radical (unpaired) electrons. The lowest BCUT2D eigenvalue weighted by atomic mass is 9.64. The fourth-order valence-electron chi connectivity index (χ4n) is 4.70. The Morgan fingerprint density at radius 2 is 2.12 bits per heavy atom. The van der Waals surface area contributed by atoms with Crippen LogP contribution in [0.1, 0.15) is 34.5 Å². The van der Waals surface area contributed by atoms with Crippen molar-refractivity contribution in [2.45, 2.75) is 25.3 Å². The van der Waals surface area contributed by atoms with Gasteiger partial charge in [0.2, 0.25) is 0 Å². The zero-order chi connectivity index (χ0) is 21.7. The first-order valence-electron chi connectivity index (χ1n) is 10.8. The molecule has 1 saturated heterocycles. The third-order valence-electron chi connectivity index (χ3n) is 6.43. The number of ether oxygens (including phenoxy) is 1. The molecule has 162 valence electrons. The van der Waals surface area contributed by atoms with Crippen molar-refractivity contribution in [2.75, 3.05) is 13.2 Å². The highest BCUT2D eigenvalue weighted by atomic mass is 32.1. The Labute approximate surface area is 189 Å². The molecule has 1 aliphatic carbocycles. The van der Waals surface area contributed by atoms with E-state index in [1.807, 2.05) is 49.1 Å². The number of thiophene rings is 1. The van der Waals surface area contributed by atoms with Gasteiger partial charge in [-0.3, -0.25) is 14.5 Å². The summed E-state index contributed by atoms with van der Waals surface area (Å²) in [5.74, 6) is -0.0944. The molecular formula is C24H23N5O2S. The lowest BCUT2D eigenvalue weighted by Gasteiger charge is -2.53. The molecular weight excluding hydrogens is 422 g/mol. The molecule has 1 spiro atoms. The van der Waals surface area contributed by atoms with Crippen molar-refractivity contribution in [3.63, 3.8) is 0 Å². The molecule has 0 unspecified atom stereocenters. The first-order valence-corrected chi connectivity index (χ1v) is 11.7. The summed E-state index contributed by atoms with van der Waals surface area (Å²) in [5.41, 5.74) is 5.56. The van der Waals surface area contributed by atoms with E-state index in [-0.39, 0.29) is 11.9 Å². The van der Waals surface area contributed by atoms with Crippen molar-refractivity contribution in [2.24, 2.45) is 12.5 Å². The molecule has 32 heavy (non-hydrogen) atoms. The smallest absolute Gasteiger partial charge is 0.270 e. The van der Waals surface area contributed by atoms with Crippen molar-refractivity contribution in [1.82, 2.24) is 25.1 Å². The first kappa shape index (κ1) is 19.6. The summed E-state index contributed by atoms with van der Waals surface area (Å²) in [6.45, 7) is 1.66. The van der Waals surface area contributed by atoms with E-state index in [0.717, 1.165) is 58.8 Å². The molecule has 2 aliphatic rings. The Hall–Kier alpha value is -3.10. The minimum Gasteiger partial charge on any atom is -0.380 e. The number of rotatable bonds is 5. The van der Waals surface area contributed by atoms with Gasteiger partial charge in [-0.15, -0.1) is 11.3 Å². The number of aryl methyl sites for hydroxylation is 1. The van der Waals surface area contributed by atoms with Crippen LogP contribution in [0.4, 0.5) is 0 Å². The Morgan fingerprint density at radius 1 is 1.25 bits per heavy atom. The predicted molar refractivity (Wildman–Crippen MR) is 123 cm³/mol. The van der Waals surface area contributed by atoms with Gasteiger partial charge in [0.05, 0.1) is 29.1 Å². The van der Waals surface area contributed by atoms with E-state index in [2.05, 4.69) is 26.4 Å². The molecule has 4 aromatic heterocycles. The summed E-state index contributed by atoms with van der Waals surface area (Å²) in [6.07, 6.45) is 6.49. The summed E-state index contributed by atoms with van der Waals surface area (Å²) in [4.78, 5) is 22.1. The van der Waals surface area contributed by atoms with Crippen LogP contribution in [0.25, 0.3) is 21.6 Å². The largest absolute Gasteiger partial charge is 0.380 e. The van der Waals surface area contributed by atoms with Crippen LogP contribution in [0.3, 0.4) is 0 Å². The zero-order valence-corrected chi connectivity index (χ0v) is 18.6. The van der Waals surface area contributed by atoms with Gasteiger partial charge in [-0.25, -0.2) is 4.98 Å². The number of fused-ring (bicyclic) bond motifs is 1. The molecule has 0 aromatic carbocycles. The minimum atomic E-state index is -0.0944. The lowest BCUT2D eigenvalue weighted by molar-refractivity contribution is -0.165. The van der Waals surface area contributed by atoms with Crippen LogP contribution in [0.5, 0.6) is 0 Å². The van der Waals surface area contributed by atoms with E-state index in [9.17, 15) is 4.79 Å². The Balaban J connectivity index is 1.22. The van der Waals surface area contributed by atoms with Crippen molar-refractivity contribution in [3.05, 3.63) is 64.9 Å². The molecule has 4 aromatic rings. The van der Waals surface area contributed by atoms with Crippen LogP contribution >= 0.6 is 11.3 Å². The standard InChI is InChI=1S/C24H23N5O2S/c1-29-6-4-19(28-29)18-3-2-15(12-25-18)8-16-9-21(27-20-5-7-32-22(16)20)23(30)26-17-10-24(11-17)13-31-14-24/h2-7,9,12,17H,8,10-11,13-14H2,1H3,(H,26,30). The molecule has 1 amide bonds. The highest BCUT2D eigenvalue weighted by Crippen LogP contribution is 2.46. The van der Waals surface area contributed by atoms with Crippen LogP contribution < -0.4 is 5.32 Å². The second-order valence-corrected chi connectivity index (χ2v) is 9.89. The van der Waals surface area contributed by atoms with Gasteiger partial charge < -0.3 is 10.1 Å². The summed E-state index contributed by atoms with van der Waals surface area (Å²) < 4.78 is 8.21.